The summed E-state index contributed by atoms with van der Waals surface area (Å²) in [6, 6.07) is 7.77. The number of amides is 2. The van der Waals surface area contributed by atoms with Gasteiger partial charge in [0.1, 0.15) is 5.82 Å². The Morgan fingerprint density at radius 2 is 2.11 bits per heavy atom. The molecular formula is C14H18N4O. The molecule has 0 bridgehead atoms. The van der Waals surface area contributed by atoms with Crippen LogP contribution in [0, 0.1) is 0 Å². The normalized spacial score (nSPS) is 16.8. The van der Waals surface area contributed by atoms with Gasteiger partial charge in [0.15, 0.2) is 0 Å². The lowest BCUT2D eigenvalue weighted by molar-refractivity contribution is 0.205. The highest BCUT2D eigenvalue weighted by molar-refractivity contribution is 5.76. The van der Waals surface area contributed by atoms with Gasteiger partial charge in [0.05, 0.1) is 17.1 Å². The van der Waals surface area contributed by atoms with Crippen LogP contribution in [0.5, 0.6) is 0 Å². The molecule has 2 N–H and O–H groups in total. The Bertz CT molecular complexity index is 553. The maximum atomic E-state index is 12.0. The molecule has 19 heavy (non-hydrogen) atoms. The molecule has 1 aromatic carbocycles. The van der Waals surface area contributed by atoms with Gasteiger partial charge >= 0.3 is 6.03 Å². The third-order valence-corrected chi connectivity index (χ3v) is 3.55. The number of carbonyl (C=O) groups is 1. The Labute approximate surface area is 112 Å². The van der Waals surface area contributed by atoms with Crippen molar-refractivity contribution in [1.82, 2.24) is 20.2 Å². The zero-order chi connectivity index (χ0) is 13.2. The first-order valence-corrected chi connectivity index (χ1v) is 6.74. The van der Waals surface area contributed by atoms with Crippen molar-refractivity contribution < 1.29 is 4.79 Å². The zero-order valence-electron chi connectivity index (χ0n) is 11.0. The number of aromatic nitrogens is 2. The van der Waals surface area contributed by atoms with E-state index >= 15 is 0 Å². The Hall–Kier alpha value is -2.04. The van der Waals surface area contributed by atoms with Crippen LogP contribution in [0.25, 0.3) is 11.0 Å². The first-order valence-electron chi connectivity index (χ1n) is 6.74. The van der Waals surface area contributed by atoms with E-state index in [2.05, 4.69) is 15.3 Å². The third-order valence-electron chi connectivity index (χ3n) is 3.55. The van der Waals surface area contributed by atoms with Crippen LogP contribution in [0.15, 0.2) is 24.3 Å². The van der Waals surface area contributed by atoms with E-state index in [1.54, 1.807) is 0 Å². The van der Waals surface area contributed by atoms with Crippen molar-refractivity contribution in [3.63, 3.8) is 0 Å². The molecule has 2 amide bonds. The molecule has 0 radical (unpaired) electrons. The van der Waals surface area contributed by atoms with Gasteiger partial charge in [-0.2, -0.15) is 0 Å². The van der Waals surface area contributed by atoms with E-state index in [1.165, 1.54) is 0 Å². The number of H-pyrrole nitrogens is 1. The van der Waals surface area contributed by atoms with E-state index in [-0.39, 0.29) is 12.1 Å². The second kappa shape index (κ2) is 4.91. The summed E-state index contributed by atoms with van der Waals surface area (Å²) in [5.74, 6) is 0.800. The fourth-order valence-electron chi connectivity index (χ4n) is 2.44. The van der Waals surface area contributed by atoms with Crippen molar-refractivity contribution in [2.24, 2.45) is 0 Å². The molecule has 0 aliphatic carbocycles. The van der Waals surface area contributed by atoms with E-state index in [0.29, 0.717) is 0 Å². The lowest BCUT2D eigenvalue weighted by Gasteiger charge is -2.19. The number of rotatable bonds is 2. The predicted molar refractivity (Wildman–Crippen MR) is 73.8 cm³/mol. The maximum absolute atomic E-state index is 12.0. The predicted octanol–water partition coefficient (Wildman–Crippen LogP) is 2.43. The number of carbonyl (C=O) groups excluding carboxylic acids is 1. The molecule has 0 unspecified atom stereocenters. The Balaban J connectivity index is 1.72. The minimum atomic E-state index is -0.111. The standard InChI is InChI=1S/C14H18N4O/c1-10(15-14(19)18-8-4-5-9-18)13-16-11-6-2-3-7-12(11)17-13/h2-3,6-7,10H,4-5,8-9H2,1H3,(H,15,19)(H,16,17)/t10-/m0/s1. The average Bonchev–Trinajstić information content (AvgIpc) is 3.07. The van der Waals surface area contributed by atoms with Crippen molar-refractivity contribution in [3.8, 4) is 0 Å². The monoisotopic (exact) mass is 258 g/mol. The Morgan fingerprint density at radius 1 is 1.37 bits per heavy atom. The summed E-state index contributed by atoms with van der Waals surface area (Å²) >= 11 is 0. The lowest BCUT2D eigenvalue weighted by Crippen LogP contribution is -2.39. The fourth-order valence-corrected chi connectivity index (χ4v) is 2.44. The molecule has 1 aliphatic rings. The number of imidazole rings is 1. The minimum Gasteiger partial charge on any atom is -0.340 e. The zero-order valence-corrected chi connectivity index (χ0v) is 11.0. The van der Waals surface area contributed by atoms with E-state index in [4.69, 9.17) is 0 Å². The van der Waals surface area contributed by atoms with Crippen molar-refractivity contribution in [2.45, 2.75) is 25.8 Å². The van der Waals surface area contributed by atoms with Crippen LogP contribution in [0.4, 0.5) is 4.79 Å². The van der Waals surface area contributed by atoms with Gasteiger partial charge in [0.25, 0.3) is 0 Å². The van der Waals surface area contributed by atoms with Gasteiger partial charge in [-0.3, -0.25) is 0 Å². The summed E-state index contributed by atoms with van der Waals surface area (Å²) in [7, 11) is 0. The number of para-hydroxylation sites is 2. The van der Waals surface area contributed by atoms with Crippen LogP contribution in [0.1, 0.15) is 31.6 Å². The molecule has 1 aromatic heterocycles. The molecule has 0 saturated carbocycles. The highest BCUT2D eigenvalue weighted by Crippen LogP contribution is 2.16. The minimum absolute atomic E-state index is 0.00505. The number of hydrogen-bond acceptors (Lipinski definition) is 2. The first-order chi connectivity index (χ1) is 9.24. The van der Waals surface area contributed by atoms with Crippen LogP contribution in [0.2, 0.25) is 0 Å². The summed E-state index contributed by atoms with van der Waals surface area (Å²) in [4.78, 5) is 21.6. The molecule has 1 atom stereocenters. The van der Waals surface area contributed by atoms with E-state index in [9.17, 15) is 4.79 Å². The van der Waals surface area contributed by atoms with E-state index in [0.717, 1.165) is 42.8 Å². The topological polar surface area (TPSA) is 61.0 Å². The number of urea groups is 1. The number of aromatic amines is 1. The Morgan fingerprint density at radius 3 is 2.84 bits per heavy atom. The molecule has 100 valence electrons. The van der Waals surface area contributed by atoms with Crippen LogP contribution in [-0.4, -0.2) is 34.0 Å². The highest BCUT2D eigenvalue weighted by atomic mass is 16.2. The smallest absolute Gasteiger partial charge is 0.317 e. The summed E-state index contributed by atoms with van der Waals surface area (Å²) in [6.07, 6.45) is 2.21. The SMILES string of the molecule is C[C@H](NC(=O)N1CCCC1)c1nc2ccccc2[nH]1. The largest absolute Gasteiger partial charge is 0.340 e. The molecule has 2 heterocycles. The summed E-state index contributed by atoms with van der Waals surface area (Å²) in [6.45, 7) is 3.67. The van der Waals surface area contributed by atoms with Crippen LogP contribution < -0.4 is 5.32 Å². The van der Waals surface area contributed by atoms with Crippen LogP contribution >= 0.6 is 0 Å². The number of fused-ring (bicyclic) bond motifs is 1. The first kappa shape index (κ1) is 12.0. The number of likely N-dealkylation sites (tertiary alicyclic amines) is 1. The summed E-state index contributed by atoms with van der Waals surface area (Å²) in [5.41, 5.74) is 1.93. The fraction of sp³-hybridized carbons (Fsp3) is 0.429. The van der Waals surface area contributed by atoms with Crippen molar-refractivity contribution >= 4 is 17.1 Å². The molecule has 3 rings (SSSR count). The van der Waals surface area contributed by atoms with Crippen LogP contribution in [0.3, 0.4) is 0 Å². The van der Waals surface area contributed by atoms with Crippen molar-refractivity contribution in [2.75, 3.05) is 13.1 Å². The van der Waals surface area contributed by atoms with Crippen molar-refractivity contribution in [1.29, 1.82) is 0 Å². The van der Waals surface area contributed by atoms with Crippen LogP contribution in [-0.2, 0) is 0 Å². The van der Waals surface area contributed by atoms with Crippen molar-refractivity contribution in [3.05, 3.63) is 30.1 Å². The number of benzene rings is 1. The van der Waals surface area contributed by atoms with Gasteiger partial charge in [-0.25, -0.2) is 9.78 Å². The molecule has 1 fully saturated rings. The van der Waals surface area contributed by atoms with Gasteiger partial charge in [-0.15, -0.1) is 0 Å². The molecule has 0 spiro atoms. The van der Waals surface area contributed by atoms with E-state index < -0.39 is 0 Å². The molecule has 2 aromatic rings. The highest BCUT2D eigenvalue weighted by Gasteiger charge is 2.20. The molecular weight excluding hydrogens is 240 g/mol. The average molecular weight is 258 g/mol. The number of nitrogens with zero attached hydrogens (tertiary/aromatic N) is 2. The molecule has 1 saturated heterocycles. The van der Waals surface area contributed by atoms with Gasteiger partial charge in [0, 0.05) is 13.1 Å². The summed E-state index contributed by atoms with van der Waals surface area (Å²) in [5, 5.41) is 2.99. The van der Waals surface area contributed by atoms with Gasteiger partial charge < -0.3 is 15.2 Å². The maximum Gasteiger partial charge on any atom is 0.317 e. The van der Waals surface area contributed by atoms with Gasteiger partial charge in [0.2, 0.25) is 0 Å². The third kappa shape index (κ3) is 2.41. The molecule has 5 nitrogen and oxygen atoms in total. The molecule has 5 heteroatoms. The quantitative estimate of drug-likeness (QED) is 0.869. The lowest BCUT2D eigenvalue weighted by atomic mass is 10.3. The summed E-state index contributed by atoms with van der Waals surface area (Å²) < 4.78 is 0. The van der Waals surface area contributed by atoms with Gasteiger partial charge in [-0.1, -0.05) is 12.1 Å². The number of nitrogens with one attached hydrogen (secondary N) is 2. The number of hydrogen-bond donors (Lipinski definition) is 2. The Kier molecular flexibility index (Phi) is 3.11. The van der Waals surface area contributed by atoms with E-state index in [1.807, 2.05) is 36.1 Å². The van der Waals surface area contributed by atoms with Gasteiger partial charge in [-0.05, 0) is 31.9 Å². The second-order valence-electron chi connectivity index (χ2n) is 5.00. The second-order valence-corrected chi connectivity index (χ2v) is 5.00. The molecule has 1 aliphatic heterocycles.